The smallest absolute Gasteiger partial charge is 0.247 e. The van der Waals surface area contributed by atoms with E-state index in [2.05, 4.69) is 84.8 Å². The zero-order chi connectivity index (χ0) is 24.7. The molecule has 2 aromatic carbocycles. The minimum atomic E-state index is -0.162. The van der Waals surface area contributed by atoms with Crippen LogP contribution in [-0.2, 0) is 5.75 Å². The van der Waals surface area contributed by atoms with Gasteiger partial charge in [-0.05, 0) is 54.6 Å². The lowest BCUT2D eigenvalue weighted by Gasteiger charge is -2.48. The maximum absolute atomic E-state index is 6.73. The fraction of sp³-hybridized carbons (Fsp3) is 0.433. The Hall–Kier alpha value is -2.86. The van der Waals surface area contributed by atoms with E-state index >= 15 is 0 Å². The van der Waals surface area contributed by atoms with E-state index in [1.54, 1.807) is 17.3 Å². The molecular formula is C30H34N4OS. The van der Waals surface area contributed by atoms with Gasteiger partial charge in [0.2, 0.25) is 11.0 Å². The van der Waals surface area contributed by atoms with Gasteiger partial charge < -0.3 is 10.1 Å². The van der Waals surface area contributed by atoms with Crippen molar-refractivity contribution in [2.24, 2.45) is 23.2 Å². The third kappa shape index (κ3) is 4.52. The number of allylic oxidation sites excluding steroid dienone is 2. The van der Waals surface area contributed by atoms with Crippen molar-refractivity contribution < 1.29 is 4.74 Å². The van der Waals surface area contributed by atoms with Crippen LogP contribution in [0.1, 0.15) is 52.0 Å². The second-order valence-corrected chi connectivity index (χ2v) is 12.1. The van der Waals surface area contributed by atoms with Crippen LogP contribution in [0.15, 0.2) is 71.4 Å². The van der Waals surface area contributed by atoms with Crippen molar-refractivity contribution in [3.63, 3.8) is 0 Å². The Morgan fingerprint density at radius 1 is 1.06 bits per heavy atom. The van der Waals surface area contributed by atoms with Gasteiger partial charge in [0.25, 0.3) is 0 Å². The van der Waals surface area contributed by atoms with E-state index in [1.807, 2.05) is 12.1 Å². The fourth-order valence-corrected chi connectivity index (χ4v) is 6.97. The molecule has 1 saturated carbocycles. The summed E-state index contributed by atoms with van der Waals surface area (Å²) in [5, 5.41) is 13.5. The first-order valence-corrected chi connectivity index (χ1v) is 14.1. The molecule has 2 aliphatic carbocycles. The monoisotopic (exact) mass is 498 g/mol. The van der Waals surface area contributed by atoms with E-state index in [9.17, 15) is 0 Å². The van der Waals surface area contributed by atoms with Crippen molar-refractivity contribution in [2.75, 3.05) is 5.32 Å². The number of nitrogens with one attached hydrogen (secondary N) is 1. The largest absolute Gasteiger partial charge is 0.452 e. The zero-order valence-electron chi connectivity index (χ0n) is 21.3. The summed E-state index contributed by atoms with van der Waals surface area (Å²) in [4.78, 5) is 4.88. The molecule has 36 heavy (non-hydrogen) atoms. The topological polar surface area (TPSA) is 59.9 Å². The molecule has 1 N–H and O–H groups in total. The van der Waals surface area contributed by atoms with Crippen LogP contribution in [0.2, 0.25) is 0 Å². The van der Waals surface area contributed by atoms with E-state index in [1.165, 1.54) is 18.4 Å². The third-order valence-corrected chi connectivity index (χ3v) is 9.24. The molecule has 0 radical (unpaired) electrons. The average molecular weight is 499 g/mol. The molecule has 4 atom stereocenters. The van der Waals surface area contributed by atoms with Gasteiger partial charge >= 0.3 is 0 Å². The first-order valence-electron chi connectivity index (χ1n) is 13.1. The van der Waals surface area contributed by atoms with Crippen LogP contribution in [0.3, 0.4) is 0 Å². The Bertz CT molecular complexity index is 1270. The summed E-state index contributed by atoms with van der Waals surface area (Å²) in [6.45, 7) is 7.26. The molecule has 3 aromatic rings. The number of anilines is 1. The number of para-hydroxylation sites is 1. The highest BCUT2D eigenvalue weighted by molar-refractivity contribution is 7.98. The van der Waals surface area contributed by atoms with Crippen molar-refractivity contribution in [2.45, 2.75) is 63.6 Å². The standard InChI is InChI=1S/C30H34N4OS/c1-19-16-21-12-9-15-30(2,3)24(21)17-23(19)27-31-25-14-8-7-13-22(25)26-28(35-27)32-29(34-33-26)36-18-20-10-5-4-6-11-20/h4-8,10-14,19,23-24,27,31H,9,15-18H2,1-3H3/t19-,23-,24-,27+/m1/s1. The molecule has 0 saturated heterocycles. The summed E-state index contributed by atoms with van der Waals surface area (Å²) < 4.78 is 6.73. The van der Waals surface area contributed by atoms with Crippen molar-refractivity contribution >= 4 is 17.4 Å². The molecule has 3 aliphatic rings. The van der Waals surface area contributed by atoms with E-state index in [0.717, 1.165) is 29.8 Å². The fourth-order valence-electron chi connectivity index (χ4n) is 6.24. The van der Waals surface area contributed by atoms with Crippen molar-refractivity contribution in [3.8, 4) is 17.1 Å². The summed E-state index contributed by atoms with van der Waals surface area (Å²) in [7, 11) is 0. The van der Waals surface area contributed by atoms with Gasteiger partial charge in [-0.15, -0.1) is 10.2 Å². The van der Waals surface area contributed by atoms with Crippen molar-refractivity contribution in [1.82, 2.24) is 15.2 Å². The highest BCUT2D eigenvalue weighted by atomic mass is 32.2. The number of thioether (sulfide) groups is 1. The second-order valence-electron chi connectivity index (χ2n) is 11.2. The Labute approximate surface area is 218 Å². The van der Waals surface area contributed by atoms with E-state index in [-0.39, 0.29) is 6.23 Å². The predicted molar refractivity (Wildman–Crippen MR) is 146 cm³/mol. The van der Waals surface area contributed by atoms with Crippen LogP contribution in [0.4, 0.5) is 5.69 Å². The quantitative estimate of drug-likeness (QED) is 0.299. The maximum atomic E-state index is 6.73. The molecule has 1 fully saturated rings. The first kappa shape index (κ1) is 23.5. The number of nitrogens with zero attached hydrogens (tertiary/aromatic N) is 3. The summed E-state index contributed by atoms with van der Waals surface area (Å²) in [6, 6.07) is 18.7. The molecule has 0 unspecified atom stereocenters. The number of hydrogen-bond donors (Lipinski definition) is 1. The van der Waals surface area contributed by atoms with Gasteiger partial charge in [-0.1, -0.05) is 92.7 Å². The highest BCUT2D eigenvalue weighted by Gasteiger charge is 2.44. The van der Waals surface area contributed by atoms with E-state index < -0.39 is 0 Å². The molecule has 0 bridgehead atoms. The summed E-state index contributed by atoms with van der Waals surface area (Å²) in [6.07, 6.45) is 7.10. The van der Waals surface area contributed by atoms with Crippen molar-refractivity contribution in [3.05, 3.63) is 71.8 Å². The Kier molecular flexibility index (Phi) is 6.24. The molecular weight excluding hydrogens is 464 g/mol. The van der Waals surface area contributed by atoms with Crippen LogP contribution in [0, 0.1) is 23.2 Å². The first-order chi connectivity index (χ1) is 17.5. The number of hydrogen-bond acceptors (Lipinski definition) is 6. The Morgan fingerprint density at radius 3 is 2.72 bits per heavy atom. The third-order valence-electron chi connectivity index (χ3n) is 8.34. The normalized spacial score (nSPS) is 26.2. The number of rotatable bonds is 4. The van der Waals surface area contributed by atoms with Crippen LogP contribution < -0.4 is 10.1 Å². The lowest BCUT2D eigenvalue weighted by Crippen LogP contribution is -2.45. The molecule has 186 valence electrons. The molecule has 1 aliphatic heterocycles. The van der Waals surface area contributed by atoms with Crippen molar-refractivity contribution in [1.29, 1.82) is 0 Å². The summed E-state index contributed by atoms with van der Waals surface area (Å²) in [5.41, 5.74) is 5.98. The minimum absolute atomic E-state index is 0.162. The molecule has 5 nitrogen and oxygen atoms in total. The number of ether oxygens (including phenoxy) is 1. The van der Waals surface area contributed by atoms with Gasteiger partial charge in [-0.25, -0.2) is 0 Å². The minimum Gasteiger partial charge on any atom is -0.452 e. The highest BCUT2D eigenvalue weighted by Crippen LogP contribution is 2.52. The molecule has 0 amide bonds. The maximum Gasteiger partial charge on any atom is 0.247 e. The Balaban J connectivity index is 1.31. The van der Waals surface area contributed by atoms with Gasteiger partial charge in [-0.3, -0.25) is 0 Å². The van der Waals surface area contributed by atoms with Crippen LogP contribution in [0.5, 0.6) is 5.88 Å². The molecule has 6 heteroatoms. The second kappa shape index (κ2) is 9.55. The molecule has 2 heterocycles. The van der Waals surface area contributed by atoms with E-state index in [0.29, 0.717) is 39.9 Å². The average Bonchev–Trinajstić information content (AvgIpc) is 3.04. The molecule has 6 rings (SSSR count). The lowest BCUT2D eigenvalue weighted by molar-refractivity contribution is 0.0519. The lowest BCUT2D eigenvalue weighted by atomic mass is 9.59. The molecule has 1 aromatic heterocycles. The van der Waals surface area contributed by atoms with Gasteiger partial charge in [0.15, 0.2) is 11.9 Å². The van der Waals surface area contributed by atoms with Gasteiger partial charge in [0.1, 0.15) is 0 Å². The van der Waals surface area contributed by atoms with Crippen LogP contribution >= 0.6 is 11.8 Å². The zero-order valence-corrected chi connectivity index (χ0v) is 22.1. The van der Waals surface area contributed by atoms with Crippen LogP contribution in [-0.4, -0.2) is 21.4 Å². The summed E-state index contributed by atoms with van der Waals surface area (Å²) >= 11 is 1.59. The van der Waals surface area contributed by atoms with Gasteiger partial charge in [0.05, 0.1) is 0 Å². The van der Waals surface area contributed by atoms with Gasteiger partial charge in [-0.2, -0.15) is 4.98 Å². The predicted octanol–water partition coefficient (Wildman–Crippen LogP) is 7.37. The number of benzene rings is 2. The van der Waals surface area contributed by atoms with Crippen LogP contribution in [0.25, 0.3) is 11.3 Å². The SMILES string of the molecule is C[C@@H]1CC2=CCCC(C)(C)[C@@H]2C[C@H]1[C@H]1Nc2ccccc2-c2nnc(SCc3ccccc3)nc2O1. The van der Waals surface area contributed by atoms with E-state index in [4.69, 9.17) is 9.72 Å². The summed E-state index contributed by atoms with van der Waals surface area (Å²) in [5.74, 6) is 2.88. The number of fused-ring (bicyclic) bond motifs is 4. The molecule has 0 spiro atoms. The Morgan fingerprint density at radius 2 is 1.86 bits per heavy atom. The number of aromatic nitrogens is 3. The van der Waals surface area contributed by atoms with Gasteiger partial charge in [0, 0.05) is 22.9 Å².